The van der Waals surface area contributed by atoms with E-state index < -0.39 is 0 Å². The molecule has 1 saturated heterocycles. The molecule has 18 heavy (non-hydrogen) atoms. The van der Waals surface area contributed by atoms with E-state index in [1.165, 1.54) is 0 Å². The molecule has 1 aliphatic heterocycles. The van der Waals surface area contributed by atoms with Gasteiger partial charge in [0.15, 0.2) is 5.58 Å². The first-order chi connectivity index (χ1) is 8.72. The van der Waals surface area contributed by atoms with Crippen molar-refractivity contribution in [2.24, 2.45) is 0 Å². The van der Waals surface area contributed by atoms with E-state index >= 15 is 0 Å². The highest BCUT2D eigenvalue weighted by Crippen LogP contribution is 2.25. The third-order valence-corrected chi connectivity index (χ3v) is 3.26. The summed E-state index contributed by atoms with van der Waals surface area (Å²) in [5.74, 6) is 0. The van der Waals surface area contributed by atoms with Gasteiger partial charge in [0.05, 0.1) is 11.8 Å². The number of para-hydroxylation sites is 1. The second kappa shape index (κ2) is 4.49. The lowest BCUT2D eigenvalue weighted by atomic mass is 10.1. The maximum atomic E-state index is 5.85. The second-order valence-corrected chi connectivity index (χ2v) is 4.76. The number of rotatable bonds is 2. The lowest BCUT2D eigenvalue weighted by molar-refractivity contribution is 0.0229. The fraction of sp³-hybridized carbons (Fsp3) is 0.462. The van der Waals surface area contributed by atoms with Crippen LogP contribution in [0.25, 0.3) is 11.1 Å². The minimum Gasteiger partial charge on any atom is -0.423 e. The molecule has 1 fully saturated rings. The Morgan fingerprint density at radius 3 is 3.11 bits per heavy atom. The highest BCUT2D eigenvalue weighted by atomic mass is 16.5. The molecule has 2 unspecified atom stereocenters. The molecule has 0 aliphatic carbocycles. The standard InChI is InChI=1S/C13H17N3O2/c1-8-7-9(5-6-17-8)15-13-16-12-10(14)3-2-4-11(12)18-13/h2-4,8-9H,5-7,14H2,1H3,(H,15,16). The Balaban J connectivity index is 1.80. The number of nitrogens with zero attached hydrogens (tertiary/aromatic N) is 1. The molecule has 3 N–H and O–H groups in total. The largest absolute Gasteiger partial charge is 0.423 e. The first-order valence-corrected chi connectivity index (χ1v) is 6.25. The molecule has 2 aromatic rings. The van der Waals surface area contributed by atoms with Gasteiger partial charge in [-0.25, -0.2) is 0 Å². The molecule has 0 amide bonds. The maximum absolute atomic E-state index is 5.85. The lowest BCUT2D eigenvalue weighted by Gasteiger charge is -2.27. The van der Waals surface area contributed by atoms with Crippen molar-refractivity contribution in [1.29, 1.82) is 0 Å². The van der Waals surface area contributed by atoms with E-state index in [-0.39, 0.29) is 6.10 Å². The van der Waals surface area contributed by atoms with Crippen LogP contribution in [-0.2, 0) is 4.74 Å². The van der Waals surface area contributed by atoms with E-state index in [9.17, 15) is 0 Å². The number of benzene rings is 1. The summed E-state index contributed by atoms with van der Waals surface area (Å²) < 4.78 is 11.2. The van der Waals surface area contributed by atoms with Gasteiger partial charge in [0, 0.05) is 12.6 Å². The number of nitrogens with two attached hydrogens (primary N) is 1. The van der Waals surface area contributed by atoms with Crippen molar-refractivity contribution in [1.82, 2.24) is 4.98 Å². The van der Waals surface area contributed by atoms with Crippen molar-refractivity contribution < 1.29 is 9.15 Å². The summed E-state index contributed by atoms with van der Waals surface area (Å²) in [6.45, 7) is 2.86. The second-order valence-electron chi connectivity index (χ2n) is 4.76. The zero-order valence-corrected chi connectivity index (χ0v) is 10.3. The molecule has 1 aromatic heterocycles. The summed E-state index contributed by atoms with van der Waals surface area (Å²) in [5, 5.41) is 3.31. The highest BCUT2D eigenvalue weighted by Gasteiger charge is 2.20. The van der Waals surface area contributed by atoms with Crippen LogP contribution in [0, 0.1) is 0 Å². The zero-order chi connectivity index (χ0) is 12.5. The smallest absolute Gasteiger partial charge is 0.295 e. The molecule has 96 valence electrons. The van der Waals surface area contributed by atoms with E-state index in [4.69, 9.17) is 14.9 Å². The van der Waals surface area contributed by atoms with Crippen molar-refractivity contribution in [2.75, 3.05) is 17.7 Å². The summed E-state index contributed by atoms with van der Waals surface area (Å²) >= 11 is 0. The summed E-state index contributed by atoms with van der Waals surface area (Å²) in [7, 11) is 0. The predicted molar refractivity (Wildman–Crippen MR) is 70.5 cm³/mol. The van der Waals surface area contributed by atoms with Crippen LogP contribution in [0.1, 0.15) is 19.8 Å². The normalized spacial score (nSPS) is 24.3. The molecule has 0 spiro atoms. The number of oxazole rings is 1. The first kappa shape index (κ1) is 11.3. The molecule has 5 heteroatoms. The van der Waals surface area contributed by atoms with Gasteiger partial charge in [0.2, 0.25) is 0 Å². The van der Waals surface area contributed by atoms with Crippen LogP contribution in [0.4, 0.5) is 11.7 Å². The zero-order valence-electron chi connectivity index (χ0n) is 10.3. The third-order valence-electron chi connectivity index (χ3n) is 3.26. The number of anilines is 2. The van der Waals surface area contributed by atoms with E-state index in [1.54, 1.807) is 0 Å². The molecule has 5 nitrogen and oxygen atoms in total. The van der Waals surface area contributed by atoms with Crippen LogP contribution in [0.5, 0.6) is 0 Å². The van der Waals surface area contributed by atoms with Crippen molar-refractivity contribution in [2.45, 2.75) is 31.9 Å². The average Bonchev–Trinajstić information content (AvgIpc) is 2.73. The minimum absolute atomic E-state index is 0.283. The molecule has 2 atom stereocenters. The summed E-state index contributed by atoms with van der Waals surface area (Å²) in [6.07, 6.45) is 2.22. The van der Waals surface area contributed by atoms with E-state index in [1.807, 2.05) is 18.2 Å². The Hall–Kier alpha value is -1.75. The van der Waals surface area contributed by atoms with Gasteiger partial charge >= 0.3 is 0 Å². The minimum atomic E-state index is 0.283. The monoisotopic (exact) mass is 247 g/mol. The molecule has 0 bridgehead atoms. The predicted octanol–water partition coefficient (Wildman–Crippen LogP) is 2.39. The first-order valence-electron chi connectivity index (χ1n) is 6.25. The Morgan fingerprint density at radius 1 is 1.44 bits per heavy atom. The number of hydrogen-bond acceptors (Lipinski definition) is 5. The molecule has 1 aromatic carbocycles. The SMILES string of the molecule is CC1CC(Nc2nc3c(N)cccc3o2)CCO1. The maximum Gasteiger partial charge on any atom is 0.295 e. The van der Waals surface area contributed by atoms with Gasteiger partial charge in [-0.1, -0.05) is 6.07 Å². The summed E-state index contributed by atoms with van der Waals surface area (Å²) in [4.78, 5) is 4.39. The molecule has 1 aliphatic rings. The fourth-order valence-electron chi connectivity index (χ4n) is 2.34. The third kappa shape index (κ3) is 2.13. The van der Waals surface area contributed by atoms with Crippen LogP contribution < -0.4 is 11.1 Å². The number of nitrogens with one attached hydrogen (secondary N) is 1. The molecular formula is C13H17N3O2. The lowest BCUT2D eigenvalue weighted by Crippen LogP contribution is -2.32. The Morgan fingerprint density at radius 2 is 2.33 bits per heavy atom. The van der Waals surface area contributed by atoms with Gasteiger partial charge in [0.25, 0.3) is 6.01 Å². The number of ether oxygens (including phenoxy) is 1. The molecule has 0 saturated carbocycles. The van der Waals surface area contributed by atoms with Gasteiger partial charge in [-0.05, 0) is 31.9 Å². The van der Waals surface area contributed by atoms with E-state index in [2.05, 4.69) is 17.2 Å². The molecular weight excluding hydrogens is 230 g/mol. The highest BCUT2D eigenvalue weighted by molar-refractivity contribution is 5.86. The number of fused-ring (bicyclic) bond motifs is 1. The van der Waals surface area contributed by atoms with E-state index in [0.717, 1.165) is 30.5 Å². The van der Waals surface area contributed by atoms with Gasteiger partial charge in [-0.15, -0.1) is 0 Å². The summed E-state index contributed by atoms with van der Waals surface area (Å²) in [6, 6.07) is 6.45. The molecule has 0 radical (unpaired) electrons. The van der Waals surface area contributed by atoms with Crippen LogP contribution in [0.15, 0.2) is 22.6 Å². The van der Waals surface area contributed by atoms with Crippen molar-refractivity contribution in [3.8, 4) is 0 Å². The average molecular weight is 247 g/mol. The number of hydrogen-bond donors (Lipinski definition) is 2. The van der Waals surface area contributed by atoms with Crippen LogP contribution in [-0.4, -0.2) is 23.7 Å². The van der Waals surface area contributed by atoms with Crippen molar-refractivity contribution in [3.05, 3.63) is 18.2 Å². The van der Waals surface area contributed by atoms with Crippen LogP contribution in [0.3, 0.4) is 0 Å². The Labute approximate surface area is 105 Å². The molecule has 3 rings (SSSR count). The van der Waals surface area contributed by atoms with Gasteiger partial charge in [-0.2, -0.15) is 4.98 Å². The van der Waals surface area contributed by atoms with Gasteiger partial charge in [0.1, 0.15) is 5.52 Å². The van der Waals surface area contributed by atoms with E-state index in [0.29, 0.717) is 17.7 Å². The fourth-order valence-corrected chi connectivity index (χ4v) is 2.34. The number of aromatic nitrogens is 1. The van der Waals surface area contributed by atoms with Crippen LogP contribution in [0.2, 0.25) is 0 Å². The topological polar surface area (TPSA) is 73.3 Å². The van der Waals surface area contributed by atoms with Crippen molar-refractivity contribution >= 4 is 22.8 Å². The quantitative estimate of drug-likeness (QED) is 0.797. The Bertz CT molecular complexity index is 552. The van der Waals surface area contributed by atoms with Gasteiger partial charge in [-0.3, -0.25) is 0 Å². The number of nitrogen functional groups attached to an aromatic ring is 1. The summed E-state index contributed by atoms with van der Waals surface area (Å²) in [5.41, 5.74) is 7.94. The molecule has 2 heterocycles. The van der Waals surface area contributed by atoms with Crippen molar-refractivity contribution in [3.63, 3.8) is 0 Å². The Kier molecular flexibility index (Phi) is 2.83. The van der Waals surface area contributed by atoms with Gasteiger partial charge < -0.3 is 20.2 Å². The van der Waals surface area contributed by atoms with Crippen LogP contribution >= 0.6 is 0 Å².